The van der Waals surface area contributed by atoms with Crippen LogP contribution in [0.1, 0.15) is 40.0 Å². The van der Waals surface area contributed by atoms with Gasteiger partial charge in [0.05, 0.1) is 24.5 Å². The number of esters is 3. The molecule has 0 aliphatic heterocycles. The molecule has 2 aromatic heterocycles. The van der Waals surface area contributed by atoms with E-state index in [0.717, 1.165) is 9.13 Å². The van der Waals surface area contributed by atoms with E-state index in [-0.39, 0.29) is 86.6 Å². The number of ether oxygens (including phenoxy) is 3. The largest absolute Gasteiger partial charge is 0.462 e. The van der Waals surface area contributed by atoms with Gasteiger partial charge in [0.2, 0.25) is 0 Å². The molecule has 0 aliphatic rings. The van der Waals surface area contributed by atoms with E-state index in [1.165, 1.54) is 25.3 Å². The first-order valence-corrected chi connectivity index (χ1v) is 12.7. The van der Waals surface area contributed by atoms with Gasteiger partial charge in [0, 0.05) is 36.4 Å². The number of aryl methyl sites for hydroxylation is 3. The molecule has 2 rings (SSSR count). The molecule has 0 aromatic carbocycles. The van der Waals surface area contributed by atoms with Gasteiger partial charge in [0.15, 0.2) is 11.2 Å². The van der Waals surface area contributed by atoms with Crippen LogP contribution < -0.4 is 16.9 Å². The van der Waals surface area contributed by atoms with Crippen LogP contribution in [0.2, 0.25) is 0 Å². The van der Waals surface area contributed by atoms with E-state index >= 15 is 0 Å². The number of aromatic nitrogens is 4. The van der Waals surface area contributed by atoms with Crippen LogP contribution in [0.3, 0.4) is 0 Å². The topological polar surface area (TPSA) is 154 Å². The zero-order valence-corrected chi connectivity index (χ0v) is 23.4. The van der Waals surface area contributed by atoms with Gasteiger partial charge in [-0.2, -0.15) is 6.57 Å². The van der Waals surface area contributed by atoms with Crippen LogP contribution in [0.25, 0.3) is 16.1 Å². The molecule has 41 heavy (non-hydrogen) atoms. The third-order valence-electron chi connectivity index (χ3n) is 5.68. The Hall–Kier alpha value is -4.93. The standard InChI is InChI=1S/C27H33N5O9/c1-17(2)23(34)39-14-8-11-29-20-21(30(26(29)37)12-9-15-40-24(35)18(3)4)31(27(38)32(28-7)22(20)33)13-10-16-41-25(36)19(5)6/h1,3,5,8-16H2,2,4,6H3. The summed E-state index contributed by atoms with van der Waals surface area (Å²) in [5.74, 6) is -1.83. The van der Waals surface area contributed by atoms with Gasteiger partial charge in [-0.25, -0.2) is 24.0 Å². The lowest BCUT2D eigenvalue weighted by Gasteiger charge is -2.11. The van der Waals surface area contributed by atoms with E-state index in [1.807, 2.05) is 0 Å². The summed E-state index contributed by atoms with van der Waals surface area (Å²) in [4.78, 5) is 78.1. The van der Waals surface area contributed by atoms with E-state index in [2.05, 4.69) is 24.7 Å². The summed E-state index contributed by atoms with van der Waals surface area (Å²) in [7, 11) is 0. The highest BCUT2D eigenvalue weighted by Crippen LogP contribution is 2.11. The molecule has 0 atom stereocenters. The molecule has 0 saturated carbocycles. The van der Waals surface area contributed by atoms with Gasteiger partial charge in [-0.05, 0) is 40.0 Å². The molecular weight excluding hydrogens is 538 g/mol. The van der Waals surface area contributed by atoms with Gasteiger partial charge in [-0.15, -0.1) is 4.95 Å². The van der Waals surface area contributed by atoms with Gasteiger partial charge in [-0.1, -0.05) is 19.7 Å². The van der Waals surface area contributed by atoms with Crippen LogP contribution in [0.15, 0.2) is 50.8 Å². The van der Waals surface area contributed by atoms with Gasteiger partial charge in [0.25, 0.3) is 0 Å². The van der Waals surface area contributed by atoms with E-state index < -0.39 is 34.8 Å². The molecule has 0 spiro atoms. The number of fused-ring (bicyclic) bond motifs is 1. The van der Waals surface area contributed by atoms with E-state index in [0.29, 0.717) is 4.68 Å². The Balaban J connectivity index is 2.55. The smallest absolute Gasteiger partial charge is 0.401 e. The third kappa shape index (κ3) is 7.81. The summed E-state index contributed by atoms with van der Waals surface area (Å²) < 4.78 is 19.0. The first-order chi connectivity index (χ1) is 19.3. The van der Waals surface area contributed by atoms with Crippen LogP contribution in [-0.2, 0) is 48.2 Å². The molecule has 0 aliphatic carbocycles. The molecule has 0 amide bonds. The first-order valence-electron chi connectivity index (χ1n) is 12.7. The second-order valence-corrected chi connectivity index (χ2v) is 9.22. The Morgan fingerprint density at radius 1 is 0.683 bits per heavy atom. The average Bonchev–Trinajstić information content (AvgIpc) is 3.19. The van der Waals surface area contributed by atoms with Crippen LogP contribution >= 0.6 is 0 Å². The molecule has 0 fully saturated rings. The number of hydrogen-bond donors (Lipinski definition) is 0. The number of carbonyl (C=O) groups excluding carboxylic acids is 3. The van der Waals surface area contributed by atoms with Crippen molar-refractivity contribution >= 4 is 29.1 Å². The Morgan fingerprint density at radius 2 is 1.05 bits per heavy atom. The summed E-state index contributed by atoms with van der Waals surface area (Å²) in [5.41, 5.74) is -2.27. The van der Waals surface area contributed by atoms with Crippen LogP contribution in [0, 0.1) is 6.57 Å². The predicted molar refractivity (Wildman–Crippen MR) is 148 cm³/mol. The van der Waals surface area contributed by atoms with Crippen molar-refractivity contribution < 1.29 is 28.6 Å². The minimum absolute atomic E-state index is 0.0397. The lowest BCUT2D eigenvalue weighted by atomic mass is 10.3. The quantitative estimate of drug-likeness (QED) is 0.101. The monoisotopic (exact) mass is 571 g/mol. The summed E-state index contributed by atoms with van der Waals surface area (Å²) in [5, 5.41) is 0. The number of rotatable bonds is 15. The van der Waals surface area contributed by atoms with Crippen molar-refractivity contribution in [3.63, 3.8) is 0 Å². The zero-order valence-electron chi connectivity index (χ0n) is 23.4. The maximum absolute atomic E-state index is 13.5. The van der Waals surface area contributed by atoms with Crippen molar-refractivity contribution in [3.8, 4) is 0 Å². The van der Waals surface area contributed by atoms with Crippen LogP contribution in [0.5, 0.6) is 0 Å². The highest BCUT2D eigenvalue weighted by atomic mass is 16.5. The summed E-state index contributed by atoms with van der Waals surface area (Å²) in [6, 6.07) is 0. The Kier molecular flexibility index (Phi) is 11.4. The van der Waals surface area contributed by atoms with Crippen molar-refractivity contribution in [3.05, 3.63) is 79.3 Å². The molecule has 2 aromatic rings. The van der Waals surface area contributed by atoms with E-state index in [9.17, 15) is 28.8 Å². The summed E-state index contributed by atoms with van der Waals surface area (Å²) >= 11 is 0. The minimum atomic E-state index is -0.992. The Bertz CT molecular complexity index is 1610. The Labute approximate surface area is 235 Å². The van der Waals surface area contributed by atoms with Gasteiger partial charge >= 0.3 is 34.8 Å². The van der Waals surface area contributed by atoms with Crippen molar-refractivity contribution in [2.75, 3.05) is 19.8 Å². The second kappa shape index (κ2) is 14.5. The molecule has 0 unspecified atom stereocenters. The predicted octanol–water partition coefficient (Wildman–Crippen LogP) is 1.34. The lowest BCUT2D eigenvalue weighted by molar-refractivity contribution is -0.140. The van der Waals surface area contributed by atoms with E-state index in [1.54, 1.807) is 0 Å². The maximum atomic E-state index is 13.5. The lowest BCUT2D eigenvalue weighted by Crippen LogP contribution is -2.38. The highest BCUT2D eigenvalue weighted by Gasteiger charge is 2.26. The molecule has 14 heteroatoms. The fourth-order valence-electron chi connectivity index (χ4n) is 3.69. The molecule has 220 valence electrons. The fourth-order valence-corrected chi connectivity index (χ4v) is 3.69. The first kappa shape index (κ1) is 32.3. The molecule has 0 saturated heterocycles. The second-order valence-electron chi connectivity index (χ2n) is 9.22. The molecule has 0 N–H and O–H groups in total. The van der Waals surface area contributed by atoms with E-state index in [4.69, 9.17) is 20.8 Å². The summed E-state index contributed by atoms with van der Waals surface area (Å²) in [6.45, 7) is 21.9. The molecule has 2 heterocycles. The van der Waals surface area contributed by atoms with Crippen LogP contribution in [-0.4, -0.2) is 56.1 Å². The molecular formula is C27H33N5O9. The van der Waals surface area contributed by atoms with Gasteiger partial charge < -0.3 is 14.2 Å². The SMILES string of the molecule is [C-]#[N+]n1c(=O)c2c(n(CCCOC(=O)C(=C)C)c1=O)n(CCCOC(=O)C(=C)C)c(=O)n2CCCOC(=O)C(=C)C. The summed E-state index contributed by atoms with van der Waals surface area (Å²) in [6.07, 6.45) is 0.420. The number of carbonyl (C=O) groups is 3. The normalized spacial score (nSPS) is 10.6. The molecule has 0 radical (unpaired) electrons. The zero-order chi connectivity index (χ0) is 30.9. The number of hydrogen-bond acceptors (Lipinski definition) is 9. The maximum Gasteiger partial charge on any atom is 0.401 e. The molecule has 14 nitrogen and oxygen atoms in total. The fraction of sp³-hybridized carbons (Fsp3) is 0.444. The number of imidazole rings is 1. The molecule has 0 bridgehead atoms. The van der Waals surface area contributed by atoms with Gasteiger partial charge in [0.1, 0.15) is 0 Å². The highest BCUT2D eigenvalue weighted by molar-refractivity contribution is 5.87. The van der Waals surface area contributed by atoms with Crippen molar-refractivity contribution in [2.45, 2.75) is 59.7 Å². The average molecular weight is 572 g/mol. The van der Waals surface area contributed by atoms with Crippen LogP contribution in [0.4, 0.5) is 0 Å². The van der Waals surface area contributed by atoms with Crippen molar-refractivity contribution in [1.82, 2.24) is 18.4 Å². The van der Waals surface area contributed by atoms with Crippen molar-refractivity contribution in [2.24, 2.45) is 0 Å². The Morgan fingerprint density at radius 3 is 1.41 bits per heavy atom. The minimum Gasteiger partial charge on any atom is -0.462 e. The van der Waals surface area contributed by atoms with Gasteiger partial charge in [-0.3, -0.25) is 18.5 Å². The third-order valence-corrected chi connectivity index (χ3v) is 5.68. The van der Waals surface area contributed by atoms with Crippen molar-refractivity contribution in [1.29, 1.82) is 0 Å². The number of nitrogens with zero attached hydrogens (tertiary/aromatic N) is 5.